The molecule has 0 bridgehead atoms. The molecular weight excluding hydrogens is 272 g/mol. The van der Waals surface area contributed by atoms with Gasteiger partial charge in [-0.05, 0) is 44.3 Å². The highest BCUT2D eigenvalue weighted by Gasteiger charge is 2.40. The standard InChI is InChI=1S/C15H26N2O2S/c1-11(8-12-2-3-12)16-14(18)17-13-4-6-19-15(9-13)5-7-20-10-15/h11-13H,2-10H2,1H3,(H2,16,17,18)/t11-,13+,15-/m1/s1. The fraction of sp³-hybridized carbons (Fsp3) is 0.933. The summed E-state index contributed by atoms with van der Waals surface area (Å²) in [5, 5.41) is 6.24. The molecule has 0 radical (unpaired) electrons. The van der Waals surface area contributed by atoms with Crippen LogP contribution >= 0.6 is 11.8 Å². The van der Waals surface area contributed by atoms with E-state index in [1.165, 1.54) is 18.6 Å². The van der Waals surface area contributed by atoms with Gasteiger partial charge in [0.05, 0.1) is 5.60 Å². The van der Waals surface area contributed by atoms with Crippen molar-refractivity contribution >= 4 is 17.8 Å². The SMILES string of the molecule is C[C@H](CC1CC1)NC(=O)N[C@H]1CCO[C@]2(CCSC2)C1. The topological polar surface area (TPSA) is 50.4 Å². The Bertz CT molecular complexity index is 354. The van der Waals surface area contributed by atoms with E-state index in [0.717, 1.165) is 44.0 Å². The summed E-state index contributed by atoms with van der Waals surface area (Å²) in [5.74, 6) is 3.13. The normalized spacial score (nSPS) is 35.0. The summed E-state index contributed by atoms with van der Waals surface area (Å²) in [4.78, 5) is 12.1. The van der Waals surface area contributed by atoms with Crippen molar-refractivity contribution in [3.05, 3.63) is 0 Å². The van der Waals surface area contributed by atoms with Gasteiger partial charge in [0.2, 0.25) is 0 Å². The average molecular weight is 298 g/mol. The second kappa shape index (κ2) is 6.14. The summed E-state index contributed by atoms with van der Waals surface area (Å²) in [6.07, 6.45) is 6.86. The van der Waals surface area contributed by atoms with E-state index >= 15 is 0 Å². The van der Waals surface area contributed by atoms with Crippen molar-refractivity contribution < 1.29 is 9.53 Å². The van der Waals surface area contributed by atoms with E-state index in [-0.39, 0.29) is 17.7 Å². The van der Waals surface area contributed by atoms with Gasteiger partial charge in [0.15, 0.2) is 0 Å². The molecule has 3 aliphatic rings. The Labute approximate surface area is 125 Å². The van der Waals surface area contributed by atoms with Gasteiger partial charge >= 0.3 is 6.03 Å². The van der Waals surface area contributed by atoms with E-state index in [9.17, 15) is 4.79 Å². The van der Waals surface area contributed by atoms with Crippen LogP contribution in [0, 0.1) is 5.92 Å². The van der Waals surface area contributed by atoms with Gasteiger partial charge in [0.25, 0.3) is 0 Å². The largest absolute Gasteiger partial charge is 0.374 e. The molecule has 3 rings (SSSR count). The average Bonchev–Trinajstić information content (AvgIpc) is 3.09. The van der Waals surface area contributed by atoms with E-state index in [1.807, 2.05) is 11.8 Å². The van der Waals surface area contributed by atoms with Crippen molar-refractivity contribution in [3.8, 4) is 0 Å². The Kier molecular flexibility index (Phi) is 4.46. The maximum atomic E-state index is 12.1. The minimum absolute atomic E-state index is 0.00542. The predicted molar refractivity (Wildman–Crippen MR) is 82.1 cm³/mol. The van der Waals surface area contributed by atoms with Gasteiger partial charge in [-0.3, -0.25) is 0 Å². The number of rotatable bonds is 4. The van der Waals surface area contributed by atoms with E-state index in [1.54, 1.807) is 0 Å². The Morgan fingerprint density at radius 3 is 3.00 bits per heavy atom. The van der Waals surface area contributed by atoms with Crippen molar-refractivity contribution in [1.82, 2.24) is 10.6 Å². The zero-order valence-corrected chi connectivity index (χ0v) is 13.1. The van der Waals surface area contributed by atoms with Crippen molar-refractivity contribution in [3.63, 3.8) is 0 Å². The van der Waals surface area contributed by atoms with Crippen LogP contribution in [0.25, 0.3) is 0 Å². The molecule has 2 saturated heterocycles. The third-order valence-electron chi connectivity index (χ3n) is 4.66. The van der Waals surface area contributed by atoms with Gasteiger partial charge in [0, 0.05) is 24.4 Å². The molecular formula is C15H26N2O2S. The van der Waals surface area contributed by atoms with E-state index < -0.39 is 0 Å². The molecule has 2 amide bonds. The maximum Gasteiger partial charge on any atom is 0.315 e. The van der Waals surface area contributed by atoms with E-state index in [2.05, 4.69) is 17.6 Å². The number of hydrogen-bond acceptors (Lipinski definition) is 3. The van der Waals surface area contributed by atoms with Gasteiger partial charge in [-0.2, -0.15) is 11.8 Å². The zero-order valence-electron chi connectivity index (χ0n) is 12.3. The van der Waals surface area contributed by atoms with Crippen molar-refractivity contribution in [1.29, 1.82) is 0 Å². The number of nitrogens with one attached hydrogen (secondary N) is 2. The summed E-state index contributed by atoms with van der Waals surface area (Å²) in [6.45, 7) is 2.89. The number of urea groups is 1. The molecule has 3 fully saturated rings. The molecule has 114 valence electrons. The van der Waals surface area contributed by atoms with Crippen LogP contribution in [0.3, 0.4) is 0 Å². The first-order chi connectivity index (χ1) is 9.65. The highest BCUT2D eigenvalue weighted by Crippen LogP contribution is 2.38. The van der Waals surface area contributed by atoms with Crippen LogP contribution in [0.2, 0.25) is 0 Å². The van der Waals surface area contributed by atoms with Crippen LogP contribution in [0.1, 0.15) is 45.4 Å². The Morgan fingerprint density at radius 1 is 1.45 bits per heavy atom. The lowest BCUT2D eigenvalue weighted by Crippen LogP contribution is -2.52. The van der Waals surface area contributed by atoms with Crippen molar-refractivity contribution in [2.45, 2.75) is 63.1 Å². The second-order valence-electron chi connectivity index (χ2n) is 6.72. The number of carbonyl (C=O) groups excluding carboxylic acids is 1. The first kappa shape index (κ1) is 14.5. The third kappa shape index (κ3) is 3.82. The number of thioether (sulfide) groups is 1. The molecule has 1 aliphatic carbocycles. The molecule has 2 heterocycles. The molecule has 20 heavy (non-hydrogen) atoms. The molecule has 5 heteroatoms. The molecule has 3 atom stereocenters. The van der Waals surface area contributed by atoms with Crippen LogP contribution in [0.15, 0.2) is 0 Å². The lowest BCUT2D eigenvalue weighted by Gasteiger charge is -2.38. The third-order valence-corrected chi connectivity index (χ3v) is 5.88. The minimum Gasteiger partial charge on any atom is -0.374 e. The fourth-order valence-electron chi connectivity index (χ4n) is 3.38. The lowest BCUT2D eigenvalue weighted by atomic mass is 9.90. The quantitative estimate of drug-likeness (QED) is 0.838. The Hall–Kier alpha value is -0.420. The van der Waals surface area contributed by atoms with Crippen LogP contribution in [-0.2, 0) is 4.74 Å². The molecule has 0 aromatic heterocycles. The zero-order chi connectivity index (χ0) is 14.0. The van der Waals surface area contributed by atoms with Crippen molar-refractivity contribution in [2.24, 2.45) is 5.92 Å². The summed E-state index contributed by atoms with van der Waals surface area (Å²) in [6, 6.07) is 0.569. The molecule has 2 aliphatic heterocycles. The van der Waals surface area contributed by atoms with Crippen LogP contribution in [-0.4, -0.2) is 41.8 Å². The van der Waals surface area contributed by atoms with Gasteiger partial charge in [0.1, 0.15) is 0 Å². The van der Waals surface area contributed by atoms with Crippen molar-refractivity contribution in [2.75, 3.05) is 18.1 Å². The molecule has 4 nitrogen and oxygen atoms in total. The van der Waals surface area contributed by atoms with Crippen LogP contribution < -0.4 is 10.6 Å². The lowest BCUT2D eigenvalue weighted by molar-refractivity contribution is -0.0684. The predicted octanol–water partition coefficient (Wildman–Crippen LogP) is 2.53. The smallest absolute Gasteiger partial charge is 0.315 e. The summed E-state index contributed by atoms with van der Waals surface area (Å²) < 4.78 is 5.99. The Morgan fingerprint density at radius 2 is 2.30 bits per heavy atom. The first-order valence-corrected chi connectivity index (χ1v) is 9.09. The summed E-state index contributed by atoms with van der Waals surface area (Å²) >= 11 is 1.97. The molecule has 1 saturated carbocycles. The fourth-order valence-corrected chi connectivity index (χ4v) is 4.76. The van der Waals surface area contributed by atoms with Gasteiger partial charge < -0.3 is 15.4 Å². The van der Waals surface area contributed by atoms with Gasteiger partial charge in [-0.1, -0.05) is 12.8 Å². The first-order valence-electron chi connectivity index (χ1n) is 7.94. The van der Waals surface area contributed by atoms with Crippen LogP contribution in [0.4, 0.5) is 4.79 Å². The highest BCUT2D eigenvalue weighted by molar-refractivity contribution is 7.99. The Balaban J connectivity index is 1.43. The molecule has 2 N–H and O–H groups in total. The van der Waals surface area contributed by atoms with Crippen LogP contribution in [0.5, 0.6) is 0 Å². The number of amides is 2. The highest BCUT2D eigenvalue weighted by atomic mass is 32.2. The molecule has 0 aromatic rings. The van der Waals surface area contributed by atoms with Gasteiger partial charge in [-0.15, -0.1) is 0 Å². The second-order valence-corrected chi connectivity index (χ2v) is 7.83. The number of hydrogen-bond donors (Lipinski definition) is 2. The van der Waals surface area contributed by atoms with Gasteiger partial charge in [-0.25, -0.2) is 4.79 Å². The number of ether oxygens (including phenoxy) is 1. The minimum atomic E-state index is 0.00542. The molecule has 0 unspecified atom stereocenters. The van der Waals surface area contributed by atoms with E-state index in [4.69, 9.17) is 4.74 Å². The maximum absolute atomic E-state index is 12.1. The molecule has 1 spiro atoms. The molecule has 0 aromatic carbocycles. The number of carbonyl (C=O) groups is 1. The van der Waals surface area contributed by atoms with E-state index in [0.29, 0.717) is 6.04 Å². The monoisotopic (exact) mass is 298 g/mol. The summed E-state index contributed by atoms with van der Waals surface area (Å²) in [7, 11) is 0. The summed E-state index contributed by atoms with van der Waals surface area (Å²) in [5.41, 5.74) is 0.0422.